The minimum atomic E-state index is -4.29. The maximum absolute atomic E-state index is 12.6. The number of hydrogen-bond acceptors (Lipinski definition) is 7. The van der Waals surface area contributed by atoms with Gasteiger partial charge >= 0.3 is 19.8 Å². The second-order valence-electron chi connectivity index (χ2n) is 15.0. The molecule has 0 fully saturated rings. The fourth-order valence-electron chi connectivity index (χ4n) is 6.12. The molecular formula is C49H85O8P. The Balaban J connectivity index is 4.08. The van der Waals surface area contributed by atoms with Crippen LogP contribution >= 0.6 is 7.82 Å². The van der Waals surface area contributed by atoms with Gasteiger partial charge in [0.05, 0.1) is 13.2 Å². The van der Waals surface area contributed by atoms with E-state index in [2.05, 4.69) is 86.8 Å². The number of allylic oxidation sites excluding steroid dienone is 12. The molecule has 1 N–H and O–H groups in total. The van der Waals surface area contributed by atoms with Gasteiger partial charge in [-0.1, -0.05) is 170 Å². The SMILES string of the molecule is CC/C=C\C/C=C\C/C=C\C/C=C\CCCCCCCCCCC(=O)OC(COC(=O)CCCCCCCCC/C=C\C/C=C\CCCCC)COP(=O)(O)OCC. The molecule has 0 heterocycles. The Kier molecular flexibility index (Phi) is 42.1. The van der Waals surface area contributed by atoms with Crippen molar-refractivity contribution in [1.29, 1.82) is 0 Å². The molecule has 9 heteroatoms. The average molecular weight is 833 g/mol. The summed E-state index contributed by atoms with van der Waals surface area (Å²) in [5, 5.41) is 0. The molecule has 0 aliphatic rings. The van der Waals surface area contributed by atoms with Crippen LogP contribution in [0.3, 0.4) is 0 Å². The quantitative estimate of drug-likeness (QED) is 0.0280. The van der Waals surface area contributed by atoms with E-state index in [-0.39, 0.29) is 32.0 Å². The summed E-state index contributed by atoms with van der Waals surface area (Å²) in [6.07, 6.45) is 55.2. The third-order valence-electron chi connectivity index (χ3n) is 9.50. The van der Waals surface area contributed by atoms with Gasteiger partial charge in [-0.05, 0) is 90.4 Å². The summed E-state index contributed by atoms with van der Waals surface area (Å²) in [6.45, 7) is 5.32. The smallest absolute Gasteiger partial charge is 0.462 e. The van der Waals surface area contributed by atoms with Crippen molar-refractivity contribution in [1.82, 2.24) is 0 Å². The highest BCUT2D eigenvalue weighted by atomic mass is 31.2. The van der Waals surface area contributed by atoms with Crippen LogP contribution in [0.25, 0.3) is 0 Å². The van der Waals surface area contributed by atoms with Crippen LogP contribution in [0.4, 0.5) is 0 Å². The Morgan fingerprint density at radius 3 is 1.33 bits per heavy atom. The molecule has 0 spiro atoms. The number of ether oxygens (including phenoxy) is 2. The Hall–Kier alpha value is -2.51. The molecule has 0 saturated carbocycles. The van der Waals surface area contributed by atoms with Gasteiger partial charge < -0.3 is 14.4 Å². The largest absolute Gasteiger partial charge is 0.472 e. The first kappa shape index (κ1) is 55.5. The molecule has 2 atom stereocenters. The van der Waals surface area contributed by atoms with Crippen LogP contribution in [0.5, 0.6) is 0 Å². The van der Waals surface area contributed by atoms with E-state index in [1.54, 1.807) is 6.92 Å². The highest BCUT2D eigenvalue weighted by molar-refractivity contribution is 7.47. The topological polar surface area (TPSA) is 108 Å². The predicted octanol–water partition coefficient (Wildman–Crippen LogP) is 14.9. The number of hydrogen-bond donors (Lipinski definition) is 1. The number of carbonyl (C=O) groups excluding carboxylic acids is 2. The van der Waals surface area contributed by atoms with E-state index in [0.29, 0.717) is 6.42 Å². The lowest BCUT2D eigenvalue weighted by molar-refractivity contribution is -0.161. The molecule has 0 amide bonds. The zero-order valence-corrected chi connectivity index (χ0v) is 38.1. The van der Waals surface area contributed by atoms with Gasteiger partial charge in [-0.2, -0.15) is 0 Å². The van der Waals surface area contributed by atoms with Gasteiger partial charge in [-0.15, -0.1) is 0 Å². The Labute approximate surface area is 355 Å². The van der Waals surface area contributed by atoms with Crippen molar-refractivity contribution >= 4 is 19.8 Å². The van der Waals surface area contributed by atoms with Gasteiger partial charge in [0, 0.05) is 12.8 Å². The van der Waals surface area contributed by atoms with Crippen molar-refractivity contribution < 1.29 is 37.6 Å². The van der Waals surface area contributed by atoms with Crippen LogP contribution in [0.15, 0.2) is 72.9 Å². The summed E-state index contributed by atoms with van der Waals surface area (Å²) in [7, 11) is -4.29. The molecule has 0 aromatic rings. The summed E-state index contributed by atoms with van der Waals surface area (Å²) in [5.41, 5.74) is 0. The lowest BCUT2D eigenvalue weighted by Crippen LogP contribution is -2.29. The Morgan fingerprint density at radius 2 is 0.879 bits per heavy atom. The van der Waals surface area contributed by atoms with Crippen molar-refractivity contribution in [3.05, 3.63) is 72.9 Å². The zero-order chi connectivity index (χ0) is 42.5. The molecule has 8 nitrogen and oxygen atoms in total. The van der Waals surface area contributed by atoms with E-state index >= 15 is 0 Å². The molecule has 0 aliphatic carbocycles. The second kappa shape index (κ2) is 44.1. The molecular weight excluding hydrogens is 748 g/mol. The normalized spacial score (nSPS) is 13.9. The number of phosphoric acid groups is 1. The summed E-state index contributed by atoms with van der Waals surface area (Å²) >= 11 is 0. The van der Waals surface area contributed by atoms with E-state index in [0.717, 1.165) is 89.9 Å². The fraction of sp³-hybridized carbons (Fsp3) is 0.714. The van der Waals surface area contributed by atoms with Gasteiger partial charge in [0.2, 0.25) is 0 Å². The van der Waals surface area contributed by atoms with Crippen molar-refractivity contribution in [2.24, 2.45) is 0 Å². The summed E-state index contributed by atoms with van der Waals surface area (Å²) in [6, 6.07) is 0. The minimum absolute atomic E-state index is 0.00600. The number of unbranched alkanes of at least 4 members (excludes halogenated alkanes) is 18. The maximum Gasteiger partial charge on any atom is 0.472 e. The lowest BCUT2D eigenvalue weighted by atomic mass is 10.1. The molecule has 2 unspecified atom stereocenters. The van der Waals surface area contributed by atoms with Crippen LogP contribution in [0.1, 0.15) is 201 Å². The van der Waals surface area contributed by atoms with Gasteiger partial charge in [-0.3, -0.25) is 18.6 Å². The average Bonchev–Trinajstić information content (AvgIpc) is 3.20. The van der Waals surface area contributed by atoms with Gasteiger partial charge in [0.1, 0.15) is 6.61 Å². The van der Waals surface area contributed by atoms with E-state index < -0.39 is 26.5 Å². The number of rotatable bonds is 42. The van der Waals surface area contributed by atoms with Crippen molar-refractivity contribution in [3.63, 3.8) is 0 Å². The Morgan fingerprint density at radius 1 is 0.483 bits per heavy atom. The monoisotopic (exact) mass is 833 g/mol. The molecule has 0 bridgehead atoms. The maximum atomic E-state index is 12.6. The summed E-state index contributed by atoms with van der Waals surface area (Å²) in [4.78, 5) is 34.8. The van der Waals surface area contributed by atoms with Gasteiger partial charge in [0.25, 0.3) is 0 Å². The van der Waals surface area contributed by atoms with E-state index in [9.17, 15) is 19.0 Å². The van der Waals surface area contributed by atoms with Crippen LogP contribution < -0.4 is 0 Å². The molecule has 0 aromatic carbocycles. The second-order valence-corrected chi connectivity index (χ2v) is 16.5. The van der Waals surface area contributed by atoms with Crippen LogP contribution in [-0.4, -0.2) is 42.8 Å². The van der Waals surface area contributed by atoms with Crippen LogP contribution in [0, 0.1) is 0 Å². The fourth-order valence-corrected chi connectivity index (χ4v) is 6.88. The molecule has 58 heavy (non-hydrogen) atoms. The van der Waals surface area contributed by atoms with Gasteiger partial charge in [-0.25, -0.2) is 4.57 Å². The highest BCUT2D eigenvalue weighted by Gasteiger charge is 2.25. The van der Waals surface area contributed by atoms with E-state index in [1.807, 2.05) is 0 Å². The van der Waals surface area contributed by atoms with Gasteiger partial charge in [0.15, 0.2) is 6.10 Å². The number of carbonyl (C=O) groups is 2. The standard InChI is InChI=1S/C49H85O8P/c1-4-7-9-11-13-15-17-19-21-23-24-25-26-28-30-32-34-36-38-40-42-44-49(51)57-47(46-56-58(52,53)55-6-3)45-54-48(50)43-41-39-37-35-33-31-29-27-22-20-18-16-14-12-10-8-5-2/h7,9,13-16,19-22,24-25,47H,4-6,8,10-12,17-18,23,26-46H2,1-3H3,(H,52,53)/b9-7-,15-13-,16-14-,21-19-,22-20-,25-24-. The lowest BCUT2D eigenvalue weighted by Gasteiger charge is -2.19. The van der Waals surface area contributed by atoms with Crippen LogP contribution in [0.2, 0.25) is 0 Å². The van der Waals surface area contributed by atoms with Crippen molar-refractivity contribution in [3.8, 4) is 0 Å². The predicted molar refractivity (Wildman–Crippen MR) is 244 cm³/mol. The number of phosphoric ester groups is 1. The molecule has 0 aromatic heterocycles. The van der Waals surface area contributed by atoms with Crippen molar-refractivity contribution in [2.45, 2.75) is 207 Å². The number of esters is 2. The molecule has 334 valence electrons. The summed E-state index contributed by atoms with van der Waals surface area (Å²) < 4.78 is 32.7. The Bertz CT molecular complexity index is 1170. The third kappa shape index (κ3) is 43.1. The molecule has 0 saturated heterocycles. The third-order valence-corrected chi connectivity index (χ3v) is 10.6. The summed E-state index contributed by atoms with van der Waals surface area (Å²) in [5.74, 6) is -0.818. The first-order chi connectivity index (χ1) is 28.3. The molecule has 0 radical (unpaired) electrons. The van der Waals surface area contributed by atoms with E-state index in [4.69, 9.17) is 18.5 Å². The first-order valence-electron chi connectivity index (χ1n) is 23.2. The zero-order valence-electron chi connectivity index (χ0n) is 37.2. The van der Waals surface area contributed by atoms with Crippen molar-refractivity contribution in [2.75, 3.05) is 19.8 Å². The minimum Gasteiger partial charge on any atom is -0.462 e. The molecule has 0 rings (SSSR count). The first-order valence-corrected chi connectivity index (χ1v) is 24.7. The van der Waals surface area contributed by atoms with Crippen LogP contribution in [-0.2, 0) is 32.7 Å². The molecule has 0 aliphatic heterocycles. The van der Waals surface area contributed by atoms with E-state index in [1.165, 1.54) is 70.6 Å². The highest BCUT2D eigenvalue weighted by Crippen LogP contribution is 2.43.